The Morgan fingerprint density at radius 2 is 1.53 bits per heavy atom. The quantitative estimate of drug-likeness (QED) is 0.207. The predicted octanol–water partition coefficient (Wildman–Crippen LogP) is 6.49. The van der Waals surface area contributed by atoms with Crippen molar-refractivity contribution in [2.75, 3.05) is 14.1 Å². The number of nitrogens with zero attached hydrogens (tertiary/aromatic N) is 2. The van der Waals surface area contributed by atoms with Gasteiger partial charge in [-0.05, 0) is 66.6 Å². The molecule has 0 aliphatic rings. The van der Waals surface area contributed by atoms with E-state index in [4.69, 9.17) is 4.99 Å². The largest absolute Gasteiger partial charge is 0.357 e. The second kappa shape index (κ2) is 10.1. The summed E-state index contributed by atoms with van der Waals surface area (Å²) in [5.74, 6) is 0. The molecule has 0 spiro atoms. The lowest BCUT2D eigenvalue weighted by molar-refractivity contribution is -0.104. The number of aldehydes is 1. The predicted molar refractivity (Wildman–Crippen MR) is 130 cm³/mol. The molecule has 0 unspecified atom stereocenters. The Morgan fingerprint density at radius 3 is 2.17 bits per heavy atom. The molecule has 0 fully saturated rings. The average molecular weight is 415 g/mol. The van der Waals surface area contributed by atoms with E-state index in [1.54, 1.807) is 0 Å². The van der Waals surface area contributed by atoms with Gasteiger partial charge in [0.1, 0.15) is 0 Å². The van der Waals surface area contributed by atoms with Crippen LogP contribution in [0.5, 0.6) is 0 Å². The SMILES string of the molecule is Cc1ccc(N=C(S/C(C=O)=C\c2cccc(-c3cccc(C)c3)c2)N(C)C)cc1. The molecule has 4 heteroatoms. The molecule has 0 bridgehead atoms. The molecule has 152 valence electrons. The molecule has 0 aliphatic carbocycles. The van der Waals surface area contributed by atoms with Gasteiger partial charge in [-0.25, -0.2) is 4.99 Å². The zero-order chi connectivity index (χ0) is 21.5. The van der Waals surface area contributed by atoms with Crippen molar-refractivity contribution >= 4 is 35.0 Å². The third kappa shape index (κ3) is 5.94. The maximum Gasteiger partial charge on any atom is 0.168 e. The van der Waals surface area contributed by atoms with Gasteiger partial charge in [-0.1, -0.05) is 65.7 Å². The minimum absolute atomic E-state index is 0.607. The van der Waals surface area contributed by atoms with Gasteiger partial charge < -0.3 is 4.90 Å². The van der Waals surface area contributed by atoms with Crippen molar-refractivity contribution in [1.29, 1.82) is 0 Å². The summed E-state index contributed by atoms with van der Waals surface area (Å²) in [6.45, 7) is 4.14. The van der Waals surface area contributed by atoms with Crippen LogP contribution in [0.15, 0.2) is 82.7 Å². The lowest BCUT2D eigenvalue weighted by atomic mass is 10.0. The van der Waals surface area contributed by atoms with Gasteiger partial charge >= 0.3 is 0 Å². The number of hydrogen-bond donors (Lipinski definition) is 0. The van der Waals surface area contributed by atoms with E-state index in [2.05, 4.69) is 43.3 Å². The van der Waals surface area contributed by atoms with Crippen LogP contribution in [0.1, 0.15) is 16.7 Å². The fraction of sp³-hybridized carbons (Fsp3) is 0.154. The van der Waals surface area contributed by atoms with Gasteiger partial charge in [-0.2, -0.15) is 0 Å². The van der Waals surface area contributed by atoms with Crippen LogP contribution in [-0.4, -0.2) is 30.4 Å². The fourth-order valence-corrected chi connectivity index (χ4v) is 3.72. The molecule has 0 amide bonds. The topological polar surface area (TPSA) is 32.7 Å². The van der Waals surface area contributed by atoms with Crippen LogP contribution in [0.3, 0.4) is 0 Å². The molecule has 0 saturated carbocycles. The average Bonchev–Trinajstić information content (AvgIpc) is 2.74. The van der Waals surface area contributed by atoms with Crippen LogP contribution in [0.25, 0.3) is 17.2 Å². The van der Waals surface area contributed by atoms with Crippen LogP contribution >= 0.6 is 11.8 Å². The maximum absolute atomic E-state index is 11.8. The summed E-state index contributed by atoms with van der Waals surface area (Å²) in [4.78, 5) is 19.0. The zero-order valence-corrected chi connectivity index (χ0v) is 18.6. The minimum atomic E-state index is 0.607. The van der Waals surface area contributed by atoms with E-state index in [0.29, 0.717) is 4.91 Å². The molecular formula is C26H26N2OS. The van der Waals surface area contributed by atoms with Crippen molar-refractivity contribution in [3.8, 4) is 11.1 Å². The van der Waals surface area contributed by atoms with E-state index in [0.717, 1.165) is 28.3 Å². The summed E-state index contributed by atoms with van der Waals surface area (Å²) in [5, 5.41) is 0.757. The first kappa shape index (κ1) is 21.6. The first-order chi connectivity index (χ1) is 14.4. The summed E-state index contributed by atoms with van der Waals surface area (Å²) in [5.41, 5.74) is 6.56. The molecule has 3 nitrogen and oxygen atoms in total. The van der Waals surface area contributed by atoms with Crippen molar-refractivity contribution in [3.05, 3.63) is 94.4 Å². The van der Waals surface area contributed by atoms with Gasteiger partial charge in [-0.15, -0.1) is 0 Å². The second-order valence-corrected chi connectivity index (χ2v) is 8.43. The van der Waals surface area contributed by atoms with Gasteiger partial charge in [0, 0.05) is 14.1 Å². The highest BCUT2D eigenvalue weighted by molar-refractivity contribution is 8.17. The van der Waals surface area contributed by atoms with Crippen LogP contribution in [0.4, 0.5) is 5.69 Å². The number of thioether (sulfide) groups is 1. The van der Waals surface area contributed by atoms with E-state index in [-0.39, 0.29) is 0 Å². The third-order valence-corrected chi connectivity index (χ3v) is 5.60. The molecular weight excluding hydrogens is 388 g/mol. The van der Waals surface area contributed by atoms with E-state index in [1.165, 1.54) is 28.5 Å². The van der Waals surface area contributed by atoms with E-state index < -0.39 is 0 Å². The number of aliphatic imine (C=N–C) groups is 1. The molecule has 0 aliphatic heterocycles. The molecule has 3 aromatic carbocycles. The summed E-state index contributed by atoms with van der Waals surface area (Å²) in [7, 11) is 3.86. The maximum atomic E-state index is 11.8. The fourth-order valence-electron chi connectivity index (χ4n) is 2.93. The number of rotatable bonds is 5. The normalized spacial score (nSPS) is 12.0. The molecule has 3 rings (SSSR count). The van der Waals surface area contributed by atoms with Crippen molar-refractivity contribution in [2.45, 2.75) is 13.8 Å². The Bertz CT molecular complexity index is 1080. The Labute approximate surface area is 183 Å². The van der Waals surface area contributed by atoms with Crippen LogP contribution < -0.4 is 0 Å². The summed E-state index contributed by atoms with van der Waals surface area (Å²) < 4.78 is 0. The molecule has 0 radical (unpaired) electrons. The van der Waals surface area contributed by atoms with E-state index in [9.17, 15) is 4.79 Å². The van der Waals surface area contributed by atoms with Crippen molar-refractivity contribution in [3.63, 3.8) is 0 Å². The number of aryl methyl sites for hydroxylation is 2. The lowest BCUT2D eigenvalue weighted by Crippen LogP contribution is -2.18. The number of amidine groups is 1. The highest BCUT2D eigenvalue weighted by atomic mass is 32.2. The minimum Gasteiger partial charge on any atom is -0.357 e. The first-order valence-electron chi connectivity index (χ1n) is 9.79. The lowest BCUT2D eigenvalue weighted by Gasteiger charge is -2.15. The van der Waals surface area contributed by atoms with Gasteiger partial charge in [0.2, 0.25) is 0 Å². The second-order valence-electron chi connectivity index (χ2n) is 7.39. The van der Waals surface area contributed by atoms with Crippen LogP contribution in [0.2, 0.25) is 0 Å². The number of hydrogen-bond acceptors (Lipinski definition) is 3. The van der Waals surface area contributed by atoms with Crippen molar-refractivity contribution in [2.24, 2.45) is 4.99 Å². The van der Waals surface area contributed by atoms with Crippen molar-refractivity contribution < 1.29 is 4.79 Å². The number of carbonyl (C=O) groups is 1. The highest BCUT2D eigenvalue weighted by Gasteiger charge is 2.09. The molecule has 30 heavy (non-hydrogen) atoms. The standard InChI is InChI=1S/C26H26N2OS/c1-19-11-13-24(14-12-19)27-26(28(3)4)30-25(18-29)17-21-8-6-10-23(16-21)22-9-5-7-20(2)15-22/h5-18H,1-4H3/b25-17-,27-26?. The Balaban J connectivity index is 1.88. The Morgan fingerprint density at radius 1 is 0.867 bits per heavy atom. The first-order valence-corrected chi connectivity index (χ1v) is 10.6. The van der Waals surface area contributed by atoms with Crippen LogP contribution in [0, 0.1) is 13.8 Å². The summed E-state index contributed by atoms with van der Waals surface area (Å²) in [6, 6.07) is 24.7. The Kier molecular flexibility index (Phi) is 7.26. The van der Waals surface area contributed by atoms with Crippen molar-refractivity contribution in [1.82, 2.24) is 4.90 Å². The Hall–Kier alpha value is -3.11. The summed E-state index contributed by atoms with van der Waals surface area (Å²) in [6.07, 6.45) is 2.79. The van der Waals surface area contributed by atoms with Gasteiger partial charge in [-0.3, -0.25) is 4.79 Å². The molecule has 3 aromatic rings. The number of carbonyl (C=O) groups excluding carboxylic acids is 1. The third-order valence-electron chi connectivity index (χ3n) is 4.51. The summed E-state index contributed by atoms with van der Waals surface area (Å²) >= 11 is 1.36. The van der Waals surface area contributed by atoms with E-state index in [1.807, 2.05) is 68.4 Å². The molecule has 0 N–H and O–H groups in total. The van der Waals surface area contributed by atoms with Gasteiger partial charge in [0.25, 0.3) is 0 Å². The van der Waals surface area contributed by atoms with Gasteiger partial charge in [0.15, 0.2) is 11.5 Å². The smallest absolute Gasteiger partial charge is 0.168 e. The molecule has 0 saturated heterocycles. The van der Waals surface area contributed by atoms with Crippen LogP contribution in [-0.2, 0) is 4.79 Å². The number of allylic oxidation sites excluding steroid dienone is 1. The number of benzene rings is 3. The molecule has 0 aromatic heterocycles. The highest BCUT2D eigenvalue weighted by Crippen LogP contribution is 2.26. The monoisotopic (exact) mass is 414 g/mol. The van der Waals surface area contributed by atoms with E-state index >= 15 is 0 Å². The molecule has 0 atom stereocenters. The zero-order valence-electron chi connectivity index (χ0n) is 17.8. The molecule has 0 heterocycles. The van der Waals surface area contributed by atoms with Gasteiger partial charge in [0.05, 0.1) is 10.6 Å².